The molecule has 0 atom stereocenters. The Morgan fingerprint density at radius 3 is 2.57 bits per heavy atom. The van der Waals surface area contributed by atoms with Crippen molar-refractivity contribution < 1.29 is 4.74 Å². The highest BCUT2D eigenvalue weighted by Crippen LogP contribution is 2.16. The Morgan fingerprint density at radius 2 is 2.00 bits per heavy atom. The smallest absolute Gasteiger partial charge is 0.118 e. The van der Waals surface area contributed by atoms with Crippen LogP contribution in [0.3, 0.4) is 0 Å². The van der Waals surface area contributed by atoms with E-state index in [0.29, 0.717) is 0 Å². The summed E-state index contributed by atoms with van der Waals surface area (Å²) in [5, 5.41) is 0. The lowest BCUT2D eigenvalue weighted by atomic mass is 10.2. The molecule has 0 heterocycles. The minimum atomic E-state index is 0.760. The van der Waals surface area contributed by atoms with Gasteiger partial charge in [0.05, 0.1) is 7.11 Å². The fourth-order valence-electron chi connectivity index (χ4n) is 1.07. The van der Waals surface area contributed by atoms with Gasteiger partial charge < -0.3 is 4.74 Å². The van der Waals surface area contributed by atoms with E-state index in [9.17, 15) is 0 Å². The summed E-state index contributed by atoms with van der Waals surface area (Å²) in [6, 6.07) is 8.20. The second-order valence-corrected chi connectivity index (χ2v) is 4.43. The van der Waals surface area contributed by atoms with Gasteiger partial charge in [-0.25, -0.2) is 0 Å². The molecule has 3 heteroatoms. The van der Waals surface area contributed by atoms with E-state index in [2.05, 4.69) is 12.1 Å². The molecule has 0 radical (unpaired) electrons. The highest BCUT2D eigenvalue weighted by atomic mass is 35.5. The number of methoxy groups -OCH3 is 1. The number of alkyl halides is 1. The summed E-state index contributed by atoms with van der Waals surface area (Å²) in [5.74, 6) is 3.87. The highest BCUT2D eigenvalue weighted by Gasteiger charge is 1.94. The van der Waals surface area contributed by atoms with Crippen molar-refractivity contribution in [2.24, 2.45) is 0 Å². The van der Waals surface area contributed by atoms with Crippen molar-refractivity contribution in [3.05, 3.63) is 29.8 Å². The maximum absolute atomic E-state index is 5.59. The van der Waals surface area contributed by atoms with Crippen LogP contribution in [0.4, 0.5) is 0 Å². The molecule has 1 rings (SSSR count). The van der Waals surface area contributed by atoms with Crippen molar-refractivity contribution in [2.75, 3.05) is 18.7 Å². The molecule has 0 N–H and O–H groups in total. The zero-order valence-corrected chi connectivity index (χ0v) is 9.90. The molecule has 0 saturated heterocycles. The Morgan fingerprint density at radius 1 is 1.29 bits per heavy atom. The first-order valence-electron chi connectivity index (χ1n) is 4.63. The predicted octanol–water partition coefficient (Wildman–Crippen LogP) is 3.56. The quantitative estimate of drug-likeness (QED) is 0.546. The van der Waals surface area contributed by atoms with Crippen LogP contribution >= 0.6 is 23.4 Å². The van der Waals surface area contributed by atoms with Crippen molar-refractivity contribution in [1.29, 1.82) is 0 Å². The fourth-order valence-corrected chi connectivity index (χ4v) is 2.28. The number of thioether (sulfide) groups is 1. The monoisotopic (exact) mass is 230 g/mol. The van der Waals surface area contributed by atoms with E-state index in [4.69, 9.17) is 16.3 Å². The van der Waals surface area contributed by atoms with E-state index in [1.165, 1.54) is 5.56 Å². The zero-order valence-electron chi connectivity index (χ0n) is 8.33. The fraction of sp³-hybridized carbons (Fsp3) is 0.455. The van der Waals surface area contributed by atoms with Crippen molar-refractivity contribution in [3.63, 3.8) is 0 Å². The van der Waals surface area contributed by atoms with Gasteiger partial charge in [-0.15, -0.1) is 11.6 Å². The summed E-state index contributed by atoms with van der Waals surface area (Å²) in [5.41, 5.74) is 1.34. The summed E-state index contributed by atoms with van der Waals surface area (Å²) < 4.78 is 5.09. The topological polar surface area (TPSA) is 9.23 Å². The molecule has 0 aliphatic heterocycles. The van der Waals surface area contributed by atoms with Crippen LogP contribution in [0, 0.1) is 0 Å². The molecule has 0 aliphatic rings. The lowest BCUT2D eigenvalue weighted by Gasteiger charge is -2.02. The number of rotatable bonds is 6. The summed E-state index contributed by atoms with van der Waals surface area (Å²) in [6.07, 6.45) is 1.09. The van der Waals surface area contributed by atoms with Crippen LogP contribution in [0.5, 0.6) is 5.75 Å². The zero-order chi connectivity index (χ0) is 10.2. The highest BCUT2D eigenvalue weighted by molar-refractivity contribution is 7.98. The minimum absolute atomic E-state index is 0.760. The first-order chi connectivity index (χ1) is 6.86. The molecule has 1 nitrogen and oxygen atoms in total. The molecule has 0 spiro atoms. The van der Waals surface area contributed by atoms with Crippen LogP contribution in [0.1, 0.15) is 12.0 Å². The van der Waals surface area contributed by atoms with Gasteiger partial charge in [0.15, 0.2) is 0 Å². The number of hydrogen-bond donors (Lipinski definition) is 0. The second-order valence-electron chi connectivity index (χ2n) is 2.94. The van der Waals surface area contributed by atoms with E-state index >= 15 is 0 Å². The van der Waals surface area contributed by atoms with E-state index in [0.717, 1.165) is 29.6 Å². The van der Waals surface area contributed by atoms with Gasteiger partial charge in [-0.05, 0) is 29.9 Å². The number of benzene rings is 1. The summed E-state index contributed by atoms with van der Waals surface area (Å²) >= 11 is 7.51. The van der Waals surface area contributed by atoms with Gasteiger partial charge in [0, 0.05) is 11.6 Å². The van der Waals surface area contributed by atoms with Crippen LogP contribution in [0.25, 0.3) is 0 Å². The molecule has 0 fully saturated rings. The van der Waals surface area contributed by atoms with Crippen LogP contribution in [-0.2, 0) is 5.75 Å². The SMILES string of the molecule is COc1ccc(CSCCCCl)cc1. The molecular weight excluding hydrogens is 216 g/mol. The third-order valence-electron chi connectivity index (χ3n) is 1.85. The lowest BCUT2D eigenvalue weighted by Crippen LogP contribution is -1.86. The minimum Gasteiger partial charge on any atom is -0.497 e. The molecule has 0 bridgehead atoms. The van der Waals surface area contributed by atoms with Crippen LogP contribution in [0.2, 0.25) is 0 Å². The predicted molar refractivity (Wildman–Crippen MR) is 64.5 cm³/mol. The molecule has 14 heavy (non-hydrogen) atoms. The summed E-state index contributed by atoms with van der Waals surface area (Å²) in [6.45, 7) is 0. The van der Waals surface area contributed by atoms with E-state index in [-0.39, 0.29) is 0 Å². The maximum atomic E-state index is 5.59. The number of halogens is 1. The van der Waals surface area contributed by atoms with E-state index < -0.39 is 0 Å². The Kier molecular flexibility index (Phi) is 5.88. The number of hydrogen-bond acceptors (Lipinski definition) is 2. The normalized spacial score (nSPS) is 10.1. The summed E-state index contributed by atoms with van der Waals surface area (Å²) in [4.78, 5) is 0. The maximum Gasteiger partial charge on any atom is 0.118 e. The van der Waals surface area contributed by atoms with Crippen molar-refractivity contribution in [2.45, 2.75) is 12.2 Å². The Hall–Kier alpha value is -0.340. The molecule has 0 aliphatic carbocycles. The first-order valence-corrected chi connectivity index (χ1v) is 6.32. The molecule has 0 saturated carbocycles. The molecular formula is C11H15ClOS. The summed E-state index contributed by atoms with van der Waals surface area (Å²) in [7, 11) is 1.68. The van der Waals surface area contributed by atoms with Crippen LogP contribution < -0.4 is 4.74 Å². The van der Waals surface area contributed by atoms with E-state index in [1.54, 1.807) is 7.11 Å². The average molecular weight is 231 g/mol. The molecule has 0 amide bonds. The van der Waals surface area contributed by atoms with Gasteiger partial charge in [0.1, 0.15) is 5.75 Å². The number of ether oxygens (including phenoxy) is 1. The van der Waals surface area contributed by atoms with Crippen LogP contribution in [0.15, 0.2) is 24.3 Å². The van der Waals surface area contributed by atoms with Gasteiger partial charge in [-0.2, -0.15) is 11.8 Å². The first kappa shape index (κ1) is 11.7. The van der Waals surface area contributed by atoms with Gasteiger partial charge in [0.25, 0.3) is 0 Å². The Labute approximate surface area is 94.8 Å². The van der Waals surface area contributed by atoms with Gasteiger partial charge in [-0.1, -0.05) is 12.1 Å². The molecule has 1 aromatic rings. The second kappa shape index (κ2) is 7.02. The molecule has 78 valence electrons. The third-order valence-corrected chi connectivity index (χ3v) is 3.23. The third kappa shape index (κ3) is 4.25. The van der Waals surface area contributed by atoms with Crippen LogP contribution in [-0.4, -0.2) is 18.7 Å². The Balaban J connectivity index is 2.29. The van der Waals surface area contributed by atoms with Gasteiger partial charge in [-0.3, -0.25) is 0 Å². The van der Waals surface area contributed by atoms with Crippen molar-refractivity contribution >= 4 is 23.4 Å². The molecule has 0 aromatic heterocycles. The van der Waals surface area contributed by atoms with Crippen molar-refractivity contribution in [1.82, 2.24) is 0 Å². The molecule has 0 unspecified atom stereocenters. The standard InChI is InChI=1S/C11H15ClOS/c1-13-11-5-3-10(4-6-11)9-14-8-2-7-12/h3-6H,2,7-9H2,1H3. The lowest BCUT2D eigenvalue weighted by molar-refractivity contribution is 0.414. The van der Waals surface area contributed by atoms with Gasteiger partial charge >= 0.3 is 0 Å². The molecule has 1 aromatic carbocycles. The van der Waals surface area contributed by atoms with Gasteiger partial charge in [0.2, 0.25) is 0 Å². The Bertz CT molecular complexity index is 248. The van der Waals surface area contributed by atoms with E-state index in [1.807, 2.05) is 23.9 Å². The van der Waals surface area contributed by atoms with Crippen molar-refractivity contribution in [3.8, 4) is 5.75 Å². The average Bonchev–Trinajstić information content (AvgIpc) is 2.25. The largest absolute Gasteiger partial charge is 0.497 e.